The van der Waals surface area contributed by atoms with Gasteiger partial charge < -0.3 is 24.6 Å². The highest BCUT2D eigenvalue weighted by molar-refractivity contribution is 7.80. The van der Waals surface area contributed by atoms with E-state index >= 15 is 0 Å². The SMILES string of the molecule is COCCN1C(=S)NC(c2ccccn2)C1c1cc(C)n(-c2ccc(C(=O)O)cc2)c1C. The summed E-state index contributed by atoms with van der Waals surface area (Å²) in [5, 5.41) is 13.4. The minimum absolute atomic E-state index is 0.0502. The van der Waals surface area contributed by atoms with Crippen molar-refractivity contribution >= 4 is 23.3 Å². The lowest BCUT2D eigenvalue weighted by molar-refractivity contribution is 0.0697. The topological polar surface area (TPSA) is 79.6 Å². The fraction of sp³-hybridized carbons (Fsp3) is 0.292. The molecule has 166 valence electrons. The minimum atomic E-state index is -0.935. The van der Waals surface area contributed by atoms with Crippen molar-refractivity contribution in [1.29, 1.82) is 0 Å². The van der Waals surface area contributed by atoms with E-state index in [2.05, 4.69) is 39.7 Å². The van der Waals surface area contributed by atoms with Crippen LogP contribution >= 0.6 is 12.2 Å². The number of aromatic nitrogens is 2. The third kappa shape index (κ3) is 3.99. The van der Waals surface area contributed by atoms with Crippen molar-refractivity contribution in [2.75, 3.05) is 20.3 Å². The second kappa shape index (κ2) is 9.10. The molecule has 0 amide bonds. The number of methoxy groups -OCH3 is 1. The van der Waals surface area contributed by atoms with E-state index in [0.29, 0.717) is 18.3 Å². The maximum atomic E-state index is 11.2. The van der Waals surface area contributed by atoms with Crippen LogP contribution in [0.1, 0.15) is 45.1 Å². The second-order valence-electron chi connectivity index (χ2n) is 7.83. The average molecular weight is 451 g/mol. The second-order valence-corrected chi connectivity index (χ2v) is 8.21. The van der Waals surface area contributed by atoms with Crippen molar-refractivity contribution in [3.8, 4) is 5.69 Å². The highest BCUT2D eigenvalue weighted by Crippen LogP contribution is 2.41. The average Bonchev–Trinajstić information content (AvgIpc) is 3.27. The van der Waals surface area contributed by atoms with Gasteiger partial charge in [-0.25, -0.2) is 4.79 Å². The summed E-state index contributed by atoms with van der Waals surface area (Å²) >= 11 is 5.69. The zero-order valence-corrected chi connectivity index (χ0v) is 19.1. The summed E-state index contributed by atoms with van der Waals surface area (Å²) in [5.41, 5.74) is 5.39. The van der Waals surface area contributed by atoms with Crippen LogP contribution in [0.15, 0.2) is 54.7 Å². The van der Waals surface area contributed by atoms with E-state index in [1.54, 1.807) is 25.4 Å². The van der Waals surface area contributed by atoms with Gasteiger partial charge in [-0.15, -0.1) is 0 Å². The molecule has 0 spiro atoms. The number of benzene rings is 1. The summed E-state index contributed by atoms with van der Waals surface area (Å²) in [6, 6.07) is 14.9. The van der Waals surface area contributed by atoms with E-state index in [1.165, 1.54) is 0 Å². The number of hydrogen-bond donors (Lipinski definition) is 2. The number of rotatable bonds is 7. The number of thiocarbonyl (C=S) groups is 1. The molecule has 2 aromatic heterocycles. The third-order valence-corrected chi connectivity index (χ3v) is 6.25. The first-order valence-corrected chi connectivity index (χ1v) is 10.8. The van der Waals surface area contributed by atoms with E-state index in [1.807, 2.05) is 30.3 Å². The van der Waals surface area contributed by atoms with Gasteiger partial charge in [0.2, 0.25) is 0 Å². The number of aromatic carboxylic acids is 1. The number of pyridine rings is 1. The molecule has 3 aromatic rings. The molecule has 3 heterocycles. The quantitative estimate of drug-likeness (QED) is 0.530. The molecule has 1 fully saturated rings. The van der Waals surface area contributed by atoms with Gasteiger partial charge in [0, 0.05) is 36.9 Å². The molecule has 7 nitrogen and oxygen atoms in total. The molecule has 0 saturated carbocycles. The van der Waals surface area contributed by atoms with E-state index in [9.17, 15) is 9.90 Å². The predicted octanol–water partition coefficient (Wildman–Crippen LogP) is 3.81. The zero-order chi connectivity index (χ0) is 22.8. The largest absolute Gasteiger partial charge is 0.478 e. The Morgan fingerprint density at radius 3 is 2.59 bits per heavy atom. The molecular formula is C24H26N4O3S. The van der Waals surface area contributed by atoms with Gasteiger partial charge in [-0.05, 0) is 74.1 Å². The van der Waals surface area contributed by atoms with Gasteiger partial charge in [-0.1, -0.05) is 6.07 Å². The number of ether oxygens (including phenoxy) is 1. The minimum Gasteiger partial charge on any atom is -0.478 e. The lowest BCUT2D eigenvalue weighted by Crippen LogP contribution is -2.32. The number of hydrogen-bond acceptors (Lipinski definition) is 4. The smallest absolute Gasteiger partial charge is 0.335 e. The van der Waals surface area contributed by atoms with E-state index < -0.39 is 5.97 Å². The molecule has 1 saturated heterocycles. The molecule has 0 bridgehead atoms. The van der Waals surface area contributed by atoms with Crippen LogP contribution in [0.5, 0.6) is 0 Å². The van der Waals surface area contributed by atoms with Crippen molar-refractivity contribution in [3.63, 3.8) is 0 Å². The van der Waals surface area contributed by atoms with Crippen molar-refractivity contribution in [2.24, 2.45) is 0 Å². The summed E-state index contributed by atoms with van der Waals surface area (Å²) in [5.74, 6) is -0.935. The summed E-state index contributed by atoms with van der Waals surface area (Å²) in [4.78, 5) is 18.0. The lowest BCUT2D eigenvalue weighted by atomic mass is 9.97. The van der Waals surface area contributed by atoms with E-state index in [-0.39, 0.29) is 17.6 Å². The lowest BCUT2D eigenvalue weighted by Gasteiger charge is -2.28. The van der Waals surface area contributed by atoms with Gasteiger partial charge in [0.15, 0.2) is 5.11 Å². The molecule has 2 atom stereocenters. The molecule has 32 heavy (non-hydrogen) atoms. The Morgan fingerprint density at radius 1 is 1.22 bits per heavy atom. The van der Waals surface area contributed by atoms with Gasteiger partial charge in [0.25, 0.3) is 0 Å². The monoisotopic (exact) mass is 450 g/mol. The van der Waals surface area contributed by atoms with Crippen LogP contribution in [-0.4, -0.2) is 50.9 Å². The van der Waals surface area contributed by atoms with Gasteiger partial charge in [0.1, 0.15) is 0 Å². The van der Waals surface area contributed by atoms with Crippen LogP contribution in [0.25, 0.3) is 5.69 Å². The first-order chi connectivity index (χ1) is 15.4. The molecule has 0 radical (unpaired) electrons. The molecule has 8 heteroatoms. The van der Waals surface area contributed by atoms with Crippen molar-refractivity contribution < 1.29 is 14.6 Å². The van der Waals surface area contributed by atoms with Crippen molar-refractivity contribution in [1.82, 2.24) is 19.8 Å². The van der Waals surface area contributed by atoms with E-state index in [4.69, 9.17) is 17.0 Å². The van der Waals surface area contributed by atoms with Crippen LogP contribution in [0.3, 0.4) is 0 Å². The zero-order valence-electron chi connectivity index (χ0n) is 18.3. The number of nitrogens with zero attached hydrogens (tertiary/aromatic N) is 3. The molecule has 1 aliphatic heterocycles. The molecule has 4 rings (SSSR count). The molecule has 2 N–H and O–H groups in total. The highest BCUT2D eigenvalue weighted by atomic mass is 32.1. The molecular weight excluding hydrogens is 424 g/mol. The van der Waals surface area contributed by atoms with Crippen molar-refractivity contribution in [2.45, 2.75) is 25.9 Å². The normalized spacial score (nSPS) is 18.1. The van der Waals surface area contributed by atoms with Gasteiger partial charge >= 0.3 is 5.97 Å². The van der Waals surface area contributed by atoms with Gasteiger partial charge in [0.05, 0.1) is 29.9 Å². The fourth-order valence-corrected chi connectivity index (χ4v) is 4.74. The third-order valence-electron chi connectivity index (χ3n) is 5.90. The Balaban J connectivity index is 1.79. The number of carbonyl (C=O) groups is 1. The van der Waals surface area contributed by atoms with Crippen LogP contribution in [0, 0.1) is 13.8 Å². The number of carboxylic acid groups (broad SMARTS) is 1. The molecule has 0 aliphatic carbocycles. The maximum absolute atomic E-state index is 11.2. The van der Waals surface area contributed by atoms with Crippen LogP contribution in [0.4, 0.5) is 0 Å². The maximum Gasteiger partial charge on any atom is 0.335 e. The number of nitrogens with one attached hydrogen (secondary N) is 1. The van der Waals surface area contributed by atoms with Crippen LogP contribution < -0.4 is 5.32 Å². The predicted molar refractivity (Wildman–Crippen MR) is 126 cm³/mol. The highest BCUT2D eigenvalue weighted by Gasteiger charge is 2.41. The first-order valence-electron chi connectivity index (χ1n) is 10.4. The Hall–Kier alpha value is -3.23. The van der Waals surface area contributed by atoms with Gasteiger partial charge in [-0.3, -0.25) is 4.98 Å². The number of aryl methyl sites for hydroxylation is 1. The van der Waals surface area contributed by atoms with Crippen molar-refractivity contribution in [3.05, 3.63) is 82.9 Å². The number of carboxylic acids is 1. The van der Waals surface area contributed by atoms with Crippen LogP contribution in [0.2, 0.25) is 0 Å². The standard InChI is InChI=1S/C24H26N4O3S/c1-15-14-19(16(2)28(15)18-9-7-17(8-10-18)23(29)30)22-21(20-6-4-5-11-25-20)26-24(32)27(22)12-13-31-3/h4-11,14,21-22H,12-13H2,1-3H3,(H,26,32)(H,29,30). The Labute approximate surface area is 192 Å². The van der Waals surface area contributed by atoms with Crippen LogP contribution in [-0.2, 0) is 4.74 Å². The molecule has 1 aromatic carbocycles. The Kier molecular flexibility index (Phi) is 6.25. The molecule has 1 aliphatic rings. The first kappa shape index (κ1) is 22.0. The Bertz CT molecular complexity index is 1130. The Morgan fingerprint density at radius 2 is 1.97 bits per heavy atom. The fourth-order valence-electron chi connectivity index (χ4n) is 4.41. The summed E-state index contributed by atoms with van der Waals surface area (Å²) in [6.45, 7) is 5.35. The summed E-state index contributed by atoms with van der Waals surface area (Å²) in [6.07, 6.45) is 1.79. The molecule has 2 unspecified atom stereocenters. The summed E-state index contributed by atoms with van der Waals surface area (Å²) in [7, 11) is 1.68. The van der Waals surface area contributed by atoms with E-state index in [0.717, 1.165) is 28.3 Å². The summed E-state index contributed by atoms with van der Waals surface area (Å²) < 4.78 is 7.48. The van der Waals surface area contributed by atoms with Gasteiger partial charge in [-0.2, -0.15) is 0 Å².